The summed E-state index contributed by atoms with van der Waals surface area (Å²) >= 11 is 1.69. The molecule has 0 saturated heterocycles. The van der Waals surface area contributed by atoms with Gasteiger partial charge in [0, 0.05) is 6.07 Å². The summed E-state index contributed by atoms with van der Waals surface area (Å²) in [6, 6.07) is 0.800. The number of nitrogens with zero attached hydrogens (tertiary/aromatic N) is 1. The van der Waals surface area contributed by atoms with Crippen LogP contribution in [0.2, 0.25) is 0 Å². The lowest BCUT2D eigenvalue weighted by Crippen LogP contribution is -1.87. The molecule has 0 aliphatic heterocycles. The zero-order chi connectivity index (χ0) is 6.85. The number of hydrogen-bond acceptors (Lipinski definition) is 1. The zero-order valence-corrected chi connectivity index (χ0v) is 6.39. The summed E-state index contributed by atoms with van der Waals surface area (Å²) in [5, 5.41) is 0. The van der Waals surface area contributed by atoms with Crippen LogP contribution in [0.1, 0.15) is 0 Å². The van der Waals surface area contributed by atoms with E-state index < -0.39 is 11.6 Å². The van der Waals surface area contributed by atoms with Crippen molar-refractivity contribution in [1.82, 2.24) is 4.98 Å². The van der Waals surface area contributed by atoms with Crippen molar-refractivity contribution in [3.05, 3.63) is 27.6 Å². The fourth-order valence-corrected chi connectivity index (χ4v) is 0.693. The number of halogens is 3. The largest absolute Gasteiger partial charge is 0.244 e. The number of aromatic nitrogens is 1. The maximum atomic E-state index is 12.3. The van der Waals surface area contributed by atoms with Gasteiger partial charge in [-0.25, -0.2) is 13.8 Å². The second-order valence-corrected chi connectivity index (χ2v) is 2.45. The Hall–Kier alpha value is -0.260. The minimum Gasteiger partial charge on any atom is -0.244 e. The Balaban J connectivity index is 3.17. The molecular formula is C5H2F2IN. The minimum absolute atomic E-state index is 0.189. The maximum Gasteiger partial charge on any atom is 0.157 e. The van der Waals surface area contributed by atoms with E-state index in [-0.39, 0.29) is 3.70 Å². The van der Waals surface area contributed by atoms with E-state index >= 15 is 0 Å². The monoisotopic (exact) mass is 241 g/mol. The first kappa shape index (κ1) is 6.85. The highest BCUT2D eigenvalue weighted by Gasteiger charge is 1.99. The van der Waals surface area contributed by atoms with Crippen LogP contribution in [0.5, 0.6) is 0 Å². The third-order valence-electron chi connectivity index (χ3n) is 0.763. The molecule has 0 bridgehead atoms. The minimum atomic E-state index is -0.645. The van der Waals surface area contributed by atoms with Crippen molar-refractivity contribution in [2.45, 2.75) is 0 Å². The van der Waals surface area contributed by atoms with Gasteiger partial charge in [0.2, 0.25) is 0 Å². The molecule has 0 radical (unpaired) electrons. The lowest BCUT2D eigenvalue weighted by Gasteiger charge is -1.89. The van der Waals surface area contributed by atoms with Gasteiger partial charge in [-0.15, -0.1) is 0 Å². The van der Waals surface area contributed by atoms with E-state index in [2.05, 4.69) is 4.98 Å². The van der Waals surface area contributed by atoms with Gasteiger partial charge in [0.25, 0.3) is 0 Å². The Morgan fingerprint density at radius 1 is 1.44 bits per heavy atom. The molecule has 0 amide bonds. The molecule has 0 fully saturated rings. The molecular weight excluding hydrogens is 239 g/mol. The topological polar surface area (TPSA) is 12.9 Å². The molecule has 1 heterocycles. The van der Waals surface area contributed by atoms with Crippen LogP contribution in [0.4, 0.5) is 8.78 Å². The highest BCUT2D eigenvalue weighted by molar-refractivity contribution is 14.1. The van der Waals surface area contributed by atoms with E-state index in [9.17, 15) is 8.78 Å². The van der Waals surface area contributed by atoms with Crippen LogP contribution >= 0.6 is 22.6 Å². The van der Waals surface area contributed by atoms with Crippen LogP contribution in [-0.2, 0) is 0 Å². The van der Waals surface area contributed by atoms with Gasteiger partial charge in [-0.3, -0.25) is 0 Å². The van der Waals surface area contributed by atoms with Crippen LogP contribution < -0.4 is 0 Å². The zero-order valence-electron chi connectivity index (χ0n) is 4.24. The first-order valence-corrected chi connectivity index (χ1v) is 3.24. The van der Waals surface area contributed by atoms with E-state index in [0.717, 1.165) is 12.3 Å². The van der Waals surface area contributed by atoms with Crippen molar-refractivity contribution in [3.63, 3.8) is 0 Å². The van der Waals surface area contributed by atoms with E-state index in [4.69, 9.17) is 0 Å². The standard InChI is InChI=1S/C5H2F2IN/c6-3-1-4(7)5(8)9-2-3/h1-2H. The molecule has 0 unspecified atom stereocenters. The van der Waals surface area contributed by atoms with Crippen molar-refractivity contribution >= 4 is 22.6 Å². The molecule has 0 aliphatic carbocycles. The van der Waals surface area contributed by atoms with Gasteiger partial charge in [-0.1, -0.05) is 0 Å². The van der Waals surface area contributed by atoms with Crippen LogP contribution in [-0.4, -0.2) is 4.98 Å². The number of rotatable bonds is 0. The second-order valence-electron chi connectivity index (χ2n) is 1.43. The van der Waals surface area contributed by atoms with Gasteiger partial charge in [0.05, 0.1) is 6.20 Å². The maximum absolute atomic E-state index is 12.3. The van der Waals surface area contributed by atoms with Crippen molar-refractivity contribution in [1.29, 1.82) is 0 Å². The molecule has 9 heavy (non-hydrogen) atoms. The predicted octanol–water partition coefficient (Wildman–Crippen LogP) is 1.96. The van der Waals surface area contributed by atoms with Crippen LogP contribution in [0.25, 0.3) is 0 Å². The van der Waals surface area contributed by atoms with Crippen LogP contribution in [0.15, 0.2) is 12.3 Å². The molecule has 0 N–H and O–H groups in total. The smallest absolute Gasteiger partial charge is 0.157 e. The van der Waals surface area contributed by atoms with Crippen molar-refractivity contribution < 1.29 is 8.78 Å². The Morgan fingerprint density at radius 3 is 2.56 bits per heavy atom. The number of hydrogen-bond donors (Lipinski definition) is 0. The molecule has 1 aromatic rings. The highest BCUT2D eigenvalue weighted by atomic mass is 127. The van der Waals surface area contributed by atoms with Gasteiger partial charge >= 0.3 is 0 Å². The molecule has 0 aliphatic rings. The quantitative estimate of drug-likeness (QED) is 0.499. The Bertz CT molecular complexity index is 226. The highest BCUT2D eigenvalue weighted by Crippen LogP contribution is 2.07. The van der Waals surface area contributed by atoms with Crippen LogP contribution in [0, 0.1) is 15.3 Å². The third kappa shape index (κ3) is 1.57. The fourth-order valence-electron chi connectivity index (χ4n) is 0.398. The molecule has 48 valence electrons. The first-order valence-electron chi connectivity index (χ1n) is 2.16. The van der Waals surface area contributed by atoms with Gasteiger partial charge in [0.15, 0.2) is 5.82 Å². The molecule has 0 saturated carbocycles. The van der Waals surface area contributed by atoms with Crippen molar-refractivity contribution in [2.75, 3.05) is 0 Å². The van der Waals surface area contributed by atoms with Gasteiger partial charge in [-0.05, 0) is 22.6 Å². The normalized spacial score (nSPS) is 9.67. The summed E-state index contributed by atoms with van der Waals surface area (Å²) in [6.07, 6.45) is 0.977. The summed E-state index contributed by atoms with van der Waals surface area (Å²) in [5.41, 5.74) is 0. The molecule has 0 atom stereocenters. The Kier molecular flexibility index (Phi) is 1.94. The fraction of sp³-hybridized carbons (Fsp3) is 0. The van der Waals surface area contributed by atoms with Gasteiger partial charge in [-0.2, -0.15) is 0 Å². The summed E-state index contributed by atoms with van der Waals surface area (Å²) < 4.78 is 24.5. The summed E-state index contributed by atoms with van der Waals surface area (Å²) in [4.78, 5) is 3.41. The molecule has 1 aromatic heterocycles. The summed E-state index contributed by atoms with van der Waals surface area (Å²) in [7, 11) is 0. The Morgan fingerprint density at radius 2 is 2.11 bits per heavy atom. The van der Waals surface area contributed by atoms with E-state index in [1.165, 1.54) is 0 Å². The summed E-state index contributed by atoms with van der Waals surface area (Å²) in [5.74, 6) is -1.26. The lowest BCUT2D eigenvalue weighted by molar-refractivity contribution is 0.566. The van der Waals surface area contributed by atoms with Crippen molar-refractivity contribution in [2.24, 2.45) is 0 Å². The van der Waals surface area contributed by atoms with Crippen LogP contribution in [0.3, 0.4) is 0 Å². The molecule has 0 spiro atoms. The predicted molar refractivity (Wildman–Crippen MR) is 36.9 cm³/mol. The van der Waals surface area contributed by atoms with E-state index in [0.29, 0.717) is 0 Å². The van der Waals surface area contributed by atoms with Gasteiger partial charge in [0.1, 0.15) is 9.52 Å². The average Bonchev–Trinajstić information content (AvgIpc) is 1.80. The molecule has 1 nitrogen and oxygen atoms in total. The van der Waals surface area contributed by atoms with Crippen molar-refractivity contribution in [3.8, 4) is 0 Å². The van der Waals surface area contributed by atoms with E-state index in [1.54, 1.807) is 22.6 Å². The number of pyridine rings is 1. The molecule has 4 heteroatoms. The second kappa shape index (κ2) is 2.55. The first-order chi connectivity index (χ1) is 4.20. The molecule has 1 rings (SSSR count). The molecule has 0 aromatic carbocycles. The lowest BCUT2D eigenvalue weighted by atomic mass is 10.5. The van der Waals surface area contributed by atoms with E-state index in [1.807, 2.05) is 0 Å². The third-order valence-corrected chi connectivity index (χ3v) is 1.56. The Labute approximate surface area is 64.2 Å². The van der Waals surface area contributed by atoms with Gasteiger partial charge < -0.3 is 0 Å². The SMILES string of the molecule is Fc1cnc(I)c(F)c1. The summed E-state index contributed by atoms with van der Waals surface area (Å²) in [6.45, 7) is 0. The average molecular weight is 241 g/mol.